The zero-order valence-corrected chi connectivity index (χ0v) is 13.5. The van der Waals surface area contributed by atoms with Crippen molar-refractivity contribution < 1.29 is 17.6 Å². The summed E-state index contributed by atoms with van der Waals surface area (Å²) in [6.07, 6.45) is 0.0827. The topological polar surface area (TPSA) is 0 Å². The Morgan fingerprint density at radius 1 is 0.875 bits per heavy atom. The highest BCUT2D eigenvalue weighted by Gasteiger charge is 2.30. The van der Waals surface area contributed by atoms with Gasteiger partial charge in [-0.05, 0) is 54.0 Å². The van der Waals surface area contributed by atoms with Crippen molar-refractivity contribution in [1.82, 2.24) is 0 Å². The summed E-state index contributed by atoms with van der Waals surface area (Å²) < 4.78 is 52.3. The van der Waals surface area contributed by atoms with Crippen LogP contribution in [0.3, 0.4) is 0 Å². The molecule has 1 aliphatic carbocycles. The summed E-state index contributed by atoms with van der Waals surface area (Å²) in [6.45, 7) is 2.24. The second-order valence-corrected chi connectivity index (χ2v) is 6.77. The lowest BCUT2D eigenvalue weighted by Gasteiger charge is -2.26. The molecule has 0 unspecified atom stereocenters. The molecule has 0 saturated heterocycles. The van der Waals surface area contributed by atoms with Crippen LogP contribution in [0.2, 0.25) is 0 Å². The summed E-state index contributed by atoms with van der Waals surface area (Å²) in [5.41, 5.74) is 1.08. The van der Waals surface area contributed by atoms with Gasteiger partial charge in [0, 0.05) is 5.56 Å². The molecule has 0 aliphatic heterocycles. The number of halogens is 4. The van der Waals surface area contributed by atoms with Crippen LogP contribution in [0.5, 0.6) is 0 Å². The van der Waals surface area contributed by atoms with Crippen LogP contribution in [0.15, 0.2) is 42.5 Å². The number of hydrogen-bond donors (Lipinski definition) is 0. The Morgan fingerprint density at radius 3 is 2.04 bits per heavy atom. The van der Waals surface area contributed by atoms with Crippen LogP contribution in [0.25, 0.3) is 11.1 Å². The summed E-state index contributed by atoms with van der Waals surface area (Å²) >= 11 is 0. The number of alkyl halides is 3. The quantitative estimate of drug-likeness (QED) is 0.529. The van der Waals surface area contributed by atoms with Crippen LogP contribution in [0.1, 0.15) is 49.7 Å². The van der Waals surface area contributed by atoms with E-state index in [1.165, 1.54) is 12.1 Å². The van der Waals surface area contributed by atoms with E-state index in [-0.39, 0.29) is 5.82 Å². The van der Waals surface area contributed by atoms with Gasteiger partial charge < -0.3 is 0 Å². The maximum Gasteiger partial charge on any atom is 0.416 e. The average molecular weight is 336 g/mol. The van der Waals surface area contributed by atoms with Crippen LogP contribution < -0.4 is 0 Å². The van der Waals surface area contributed by atoms with Crippen molar-refractivity contribution in [2.24, 2.45) is 5.92 Å². The van der Waals surface area contributed by atoms with E-state index in [4.69, 9.17) is 0 Å². The fourth-order valence-corrected chi connectivity index (χ4v) is 3.45. The molecule has 2 aromatic carbocycles. The van der Waals surface area contributed by atoms with Crippen molar-refractivity contribution in [3.63, 3.8) is 0 Å². The average Bonchev–Trinajstić information content (AvgIpc) is 2.55. The zero-order chi connectivity index (χ0) is 17.3. The molecular weight excluding hydrogens is 316 g/mol. The van der Waals surface area contributed by atoms with Gasteiger partial charge in [-0.2, -0.15) is 13.2 Å². The molecule has 128 valence electrons. The van der Waals surface area contributed by atoms with E-state index in [1.807, 2.05) is 6.07 Å². The molecule has 0 atom stereocenters. The molecule has 2 aromatic rings. The van der Waals surface area contributed by atoms with E-state index in [1.54, 1.807) is 12.1 Å². The van der Waals surface area contributed by atoms with Crippen molar-refractivity contribution >= 4 is 0 Å². The molecule has 0 heterocycles. The van der Waals surface area contributed by atoms with Crippen LogP contribution >= 0.6 is 0 Å². The van der Waals surface area contributed by atoms with Crippen molar-refractivity contribution in [1.29, 1.82) is 0 Å². The second-order valence-electron chi connectivity index (χ2n) is 6.77. The number of rotatable bonds is 2. The predicted octanol–water partition coefficient (Wildman–Crippen LogP) is 6.81. The third-order valence-electron chi connectivity index (χ3n) is 5.00. The molecule has 1 saturated carbocycles. The SMILES string of the molecule is CC1CCC(c2ccc(-c3ccc(C(F)(F)F)cc3)c(F)c2)CC1. The van der Waals surface area contributed by atoms with Gasteiger partial charge in [-0.15, -0.1) is 0 Å². The molecule has 0 spiro atoms. The minimum absolute atomic E-state index is 0.344. The molecule has 0 bridgehead atoms. The molecule has 1 aliphatic rings. The van der Waals surface area contributed by atoms with Crippen LogP contribution in [-0.4, -0.2) is 0 Å². The molecule has 0 aromatic heterocycles. The third-order valence-corrected chi connectivity index (χ3v) is 5.00. The van der Waals surface area contributed by atoms with Gasteiger partial charge in [0.05, 0.1) is 5.56 Å². The van der Waals surface area contributed by atoms with Gasteiger partial charge in [0.2, 0.25) is 0 Å². The minimum atomic E-state index is -4.38. The first kappa shape index (κ1) is 17.0. The normalized spacial score (nSPS) is 21.7. The molecule has 0 radical (unpaired) electrons. The monoisotopic (exact) mass is 336 g/mol. The van der Waals surface area contributed by atoms with Gasteiger partial charge >= 0.3 is 6.18 Å². The Hall–Kier alpha value is -1.84. The second kappa shape index (κ2) is 6.58. The van der Waals surface area contributed by atoms with E-state index in [2.05, 4.69) is 6.92 Å². The lowest BCUT2D eigenvalue weighted by molar-refractivity contribution is -0.137. The van der Waals surface area contributed by atoms with Crippen molar-refractivity contribution in [3.05, 3.63) is 59.4 Å². The molecule has 4 heteroatoms. The highest BCUT2D eigenvalue weighted by molar-refractivity contribution is 5.65. The summed E-state index contributed by atoms with van der Waals surface area (Å²) in [6, 6.07) is 9.78. The zero-order valence-electron chi connectivity index (χ0n) is 13.5. The Kier molecular flexibility index (Phi) is 4.66. The maximum atomic E-state index is 14.5. The minimum Gasteiger partial charge on any atom is -0.206 e. The summed E-state index contributed by atoms with van der Waals surface area (Å²) in [7, 11) is 0. The van der Waals surface area contributed by atoms with Crippen LogP contribution in [0, 0.1) is 11.7 Å². The first-order valence-corrected chi connectivity index (χ1v) is 8.31. The molecule has 24 heavy (non-hydrogen) atoms. The van der Waals surface area contributed by atoms with E-state index >= 15 is 0 Å². The summed E-state index contributed by atoms with van der Waals surface area (Å²) in [4.78, 5) is 0. The standard InChI is InChI=1S/C20H20F4/c1-13-2-4-14(5-3-13)16-8-11-18(19(21)12-16)15-6-9-17(10-7-15)20(22,23)24/h6-14H,2-5H2,1H3. The molecule has 1 fully saturated rings. The highest BCUT2D eigenvalue weighted by atomic mass is 19.4. The number of benzene rings is 2. The largest absolute Gasteiger partial charge is 0.416 e. The van der Waals surface area contributed by atoms with E-state index < -0.39 is 11.7 Å². The maximum absolute atomic E-state index is 14.5. The Bertz CT molecular complexity index is 693. The van der Waals surface area contributed by atoms with Crippen molar-refractivity contribution in [2.75, 3.05) is 0 Å². The van der Waals surface area contributed by atoms with Gasteiger partial charge in [-0.3, -0.25) is 0 Å². The molecule has 0 amide bonds. The van der Waals surface area contributed by atoms with E-state index in [9.17, 15) is 17.6 Å². The first-order valence-electron chi connectivity index (χ1n) is 8.31. The van der Waals surface area contributed by atoms with Crippen LogP contribution in [-0.2, 0) is 6.18 Å². The third kappa shape index (κ3) is 3.63. The Labute approximate surface area is 139 Å². The van der Waals surface area contributed by atoms with Crippen molar-refractivity contribution in [2.45, 2.75) is 44.7 Å². The summed E-state index contributed by atoms with van der Waals surface area (Å²) in [5, 5.41) is 0. The Balaban J connectivity index is 1.82. The van der Waals surface area contributed by atoms with E-state index in [0.29, 0.717) is 17.0 Å². The molecule has 0 nitrogen and oxygen atoms in total. The Morgan fingerprint density at radius 2 is 1.50 bits per heavy atom. The molecule has 3 rings (SSSR count). The van der Waals surface area contributed by atoms with Gasteiger partial charge in [0.1, 0.15) is 5.82 Å². The van der Waals surface area contributed by atoms with Crippen LogP contribution in [0.4, 0.5) is 17.6 Å². The number of hydrogen-bond acceptors (Lipinski definition) is 0. The fraction of sp³-hybridized carbons (Fsp3) is 0.400. The lowest BCUT2D eigenvalue weighted by atomic mass is 9.79. The molecule has 0 N–H and O–H groups in total. The van der Waals surface area contributed by atoms with Gasteiger partial charge in [-0.25, -0.2) is 4.39 Å². The first-order chi connectivity index (χ1) is 11.3. The van der Waals surface area contributed by atoms with Gasteiger partial charge in [0.15, 0.2) is 0 Å². The van der Waals surface area contributed by atoms with Crippen molar-refractivity contribution in [3.8, 4) is 11.1 Å². The lowest BCUT2D eigenvalue weighted by Crippen LogP contribution is -2.11. The summed E-state index contributed by atoms with van der Waals surface area (Å²) in [5.74, 6) is 0.751. The van der Waals surface area contributed by atoms with E-state index in [0.717, 1.165) is 49.3 Å². The smallest absolute Gasteiger partial charge is 0.206 e. The highest BCUT2D eigenvalue weighted by Crippen LogP contribution is 2.37. The fourth-order valence-electron chi connectivity index (χ4n) is 3.45. The van der Waals surface area contributed by atoms with Gasteiger partial charge in [0.25, 0.3) is 0 Å². The predicted molar refractivity (Wildman–Crippen MR) is 87.2 cm³/mol. The van der Waals surface area contributed by atoms with Gasteiger partial charge in [-0.1, -0.05) is 44.0 Å². The molecular formula is C20H20F4.